The van der Waals surface area contributed by atoms with Gasteiger partial charge < -0.3 is 5.32 Å². The van der Waals surface area contributed by atoms with Crippen LogP contribution < -0.4 is 5.32 Å². The van der Waals surface area contributed by atoms with Gasteiger partial charge in [-0.25, -0.2) is 15.0 Å². The standard InChI is InChI=1S/C15H21ClN4S/c1-6-10-7-17-11(21-10)8-18-13-9(2)12(16)19-14(20-13)15(3,4)5/h7H,6,8H2,1-5H3,(H,18,19,20). The molecular weight excluding hydrogens is 304 g/mol. The van der Waals surface area contributed by atoms with Gasteiger partial charge in [0, 0.05) is 22.1 Å². The highest BCUT2D eigenvalue weighted by Crippen LogP contribution is 2.26. The number of nitrogens with zero attached hydrogens (tertiary/aromatic N) is 3. The molecule has 2 aromatic rings. The highest BCUT2D eigenvalue weighted by Gasteiger charge is 2.20. The van der Waals surface area contributed by atoms with E-state index in [9.17, 15) is 0 Å². The zero-order valence-electron chi connectivity index (χ0n) is 13.1. The fourth-order valence-electron chi connectivity index (χ4n) is 1.75. The van der Waals surface area contributed by atoms with E-state index in [1.54, 1.807) is 11.3 Å². The maximum atomic E-state index is 6.23. The molecule has 0 radical (unpaired) electrons. The van der Waals surface area contributed by atoms with Gasteiger partial charge in [0.05, 0.1) is 6.54 Å². The lowest BCUT2D eigenvalue weighted by atomic mass is 9.95. The van der Waals surface area contributed by atoms with Gasteiger partial charge in [0.1, 0.15) is 21.8 Å². The predicted octanol–water partition coefficient (Wildman–Crippen LogP) is 4.37. The molecule has 0 atom stereocenters. The second-order valence-corrected chi connectivity index (χ2v) is 7.55. The summed E-state index contributed by atoms with van der Waals surface area (Å²) in [7, 11) is 0. The van der Waals surface area contributed by atoms with Crippen LogP contribution in [0.3, 0.4) is 0 Å². The fraction of sp³-hybridized carbons (Fsp3) is 0.533. The normalized spacial score (nSPS) is 11.7. The molecule has 0 aromatic carbocycles. The van der Waals surface area contributed by atoms with Gasteiger partial charge in [0.25, 0.3) is 0 Å². The highest BCUT2D eigenvalue weighted by molar-refractivity contribution is 7.11. The molecule has 114 valence electrons. The monoisotopic (exact) mass is 324 g/mol. The molecule has 21 heavy (non-hydrogen) atoms. The van der Waals surface area contributed by atoms with Crippen molar-refractivity contribution in [1.82, 2.24) is 15.0 Å². The van der Waals surface area contributed by atoms with Crippen molar-refractivity contribution < 1.29 is 0 Å². The van der Waals surface area contributed by atoms with Crippen LogP contribution >= 0.6 is 22.9 Å². The Labute approximate surface area is 135 Å². The lowest BCUT2D eigenvalue weighted by Crippen LogP contribution is -2.18. The molecule has 4 nitrogen and oxygen atoms in total. The summed E-state index contributed by atoms with van der Waals surface area (Å²) in [5.74, 6) is 1.53. The van der Waals surface area contributed by atoms with Gasteiger partial charge in [-0.1, -0.05) is 39.3 Å². The lowest BCUT2D eigenvalue weighted by Gasteiger charge is -2.19. The quantitative estimate of drug-likeness (QED) is 0.849. The molecule has 1 N–H and O–H groups in total. The lowest BCUT2D eigenvalue weighted by molar-refractivity contribution is 0.545. The number of aryl methyl sites for hydroxylation is 1. The summed E-state index contributed by atoms with van der Waals surface area (Å²) in [5.41, 5.74) is 0.738. The second kappa shape index (κ2) is 6.28. The first-order valence-corrected chi connectivity index (χ1v) is 8.22. The molecule has 6 heteroatoms. The minimum Gasteiger partial charge on any atom is -0.363 e. The third-order valence-electron chi connectivity index (χ3n) is 3.11. The van der Waals surface area contributed by atoms with E-state index in [-0.39, 0.29) is 5.41 Å². The Balaban J connectivity index is 2.21. The zero-order valence-corrected chi connectivity index (χ0v) is 14.7. The largest absolute Gasteiger partial charge is 0.363 e. The number of halogens is 1. The van der Waals surface area contributed by atoms with E-state index >= 15 is 0 Å². The first-order chi connectivity index (χ1) is 9.81. The Bertz CT molecular complexity index is 631. The van der Waals surface area contributed by atoms with E-state index in [0.29, 0.717) is 11.7 Å². The van der Waals surface area contributed by atoms with Gasteiger partial charge >= 0.3 is 0 Å². The third-order valence-corrected chi connectivity index (χ3v) is 4.62. The Morgan fingerprint density at radius 3 is 2.57 bits per heavy atom. The maximum absolute atomic E-state index is 6.23. The summed E-state index contributed by atoms with van der Waals surface area (Å²) in [6.07, 6.45) is 2.95. The summed E-state index contributed by atoms with van der Waals surface area (Å²) in [6.45, 7) is 10.9. The van der Waals surface area contributed by atoms with Crippen LogP contribution in [0.4, 0.5) is 5.82 Å². The van der Waals surface area contributed by atoms with Gasteiger partial charge in [-0.05, 0) is 13.3 Å². The van der Waals surface area contributed by atoms with E-state index in [2.05, 4.69) is 48.0 Å². The molecule has 0 bridgehead atoms. The average molecular weight is 325 g/mol. The first-order valence-electron chi connectivity index (χ1n) is 7.03. The second-order valence-electron chi connectivity index (χ2n) is 5.99. The van der Waals surface area contributed by atoms with Gasteiger partial charge in [-0.3, -0.25) is 0 Å². The van der Waals surface area contributed by atoms with Crippen molar-refractivity contribution in [1.29, 1.82) is 0 Å². The fourth-order valence-corrected chi connectivity index (χ4v) is 2.72. The van der Waals surface area contributed by atoms with Crippen LogP contribution in [0.2, 0.25) is 5.15 Å². The van der Waals surface area contributed by atoms with Crippen molar-refractivity contribution in [3.05, 3.63) is 32.6 Å². The van der Waals surface area contributed by atoms with Crippen LogP contribution in [-0.2, 0) is 18.4 Å². The predicted molar refractivity (Wildman–Crippen MR) is 89.3 cm³/mol. The smallest absolute Gasteiger partial charge is 0.137 e. The Morgan fingerprint density at radius 1 is 1.29 bits per heavy atom. The number of hydrogen-bond donors (Lipinski definition) is 1. The van der Waals surface area contributed by atoms with Crippen LogP contribution in [-0.4, -0.2) is 15.0 Å². The molecule has 0 fully saturated rings. The average Bonchev–Trinajstić information content (AvgIpc) is 2.87. The summed E-state index contributed by atoms with van der Waals surface area (Å²) >= 11 is 7.95. The van der Waals surface area contributed by atoms with Gasteiger partial charge in [-0.2, -0.15) is 0 Å². The summed E-state index contributed by atoms with van der Waals surface area (Å²) in [6, 6.07) is 0. The Morgan fingerprint density at radius 2 is 2.00 bits per heavy atom. The van der Waals surface area contributed by atoms with E-state index in [4.69, 9.17) is 11.6 Å². The van der Waals surface area contributed by atoms with Crippen LogP contribution in [0.5, 0.6) is 0 Å². The Kier molecular flexibility index (Phi) is 4.84. The molecule has 0 saturated heterocycles. The van der Waals surface area contributed by atoms with Gasteiger partial charge in [-0.15, -0.1) is 11.3 Å². The van der Waals surface area contributed by atoms with Crippen LogP contribution in [0, 0.1) is 6.92 Å². The summed E-state index contributed by atoms with van der Waals surface area (Å²) in [5, 5.41) is 4.89. The highest BCUT2D eigenvalue weighted by atomic mass is 35.5. The molecule has 0 aliphatic rings. The van der Waals surface area contributed by atoms with Gasteiger partial charge in [0.2, 0.25) is 0 Å². The molecule has 2 aromatic heterocycles. The molecule has 2 rings (SSSR count). The number of aromatic nitrogens is 3. The zero-order chi connectivity index (χ0) is 15.6. The Hall–Kier alpha value is -1.20. The minimum absolute atomic E-state index is 0.135. The molecule has 0 amide bonds. The number of anilines is 1. The van der Waals surface area contributed by atoms with Crippen LogP contribution in [0.15, 0.2) is 6.20 Å². The molecule has 2 heterocycles. The third kappa shape index (κ3) is 3.92. The van der Waals surface area contributed by atoms with E-state index in [1.807, 2.05) is 13.1 Å². The van der Waals surface area contributed by atoms with E-state index in [1.165, 1.54) is 4.88 Å². The van der Waals surface area contributed by atoms with Crippen molar-refractivity contribution in [2.75, 3.05) is 5.32 Å². The molecule has 0 aliphatic heterocycles. The topological polar surface area (TPSA) is 50.7 Å². The number of hydrogen-bond acceptors (Lipinski definition) is 5. The molecule has 0 aliphatic carbocycles. The number of nitrogens with one attached hydrogen (secondary N) is 1. The number of rotatable bonds is 4. The summed E-state index contributed by atoms with van der Waals surface area (Å²) < 4.78 is 0. The van der Waals surface area contributed by atoms with Crippen molar-refractivity contribution in [3.63, 3.8) is 0 Å². The maximum Gasteiger partial charge on any atom is 0.137 e. The minimum atomic E-state index is -0.135. The molecular formula is C15H21ClN4S. The van der Waals surface area contributed by atoms with E-state index < -0.39 is 0 Å². The molecule has 0 spiro atoms. The van der Waals surface area contributed by atoms with Crippen LogP contribution in [0.25, 0.3) is 0 Å². The molecule has 0 saturated carbocycles. The first kappa shape index (κ1) is 16.2. The van der Waals surface area contributed by atoms with Crippen LogP contribution in [0.1, 0.15) is 49.0 Å². The van der Waals surface area contributed by atoms with Crippen molar-refractivity contribution in [2.24, 2.45) is 0 Å². The SMILES string of the molecule is CCc1cnc(CNc2nc(C(C)(C)C)nc(Cl)c2C)s1. The van der Waals surface area contributed by atoms with Gasteiger partial charge in [0.15, 0.2) is 0 Å². The van der Waals surface area contributed by atoms with Crippen molar-refractivity contribution in [3.8, 4) is 0 Å². The van der Waals surface area contributed by atoms with Crippen molar-refractivity contribution in [2.45, 2.75) is 53.0 Å². The number of thiazole rings is 1. The van der Waals surface area contributed by atoms with Crippen molar-refractivity contribution >= 4 is 28.8 Å². The summed E-state index contributed by atoms with van der Waals surface area (Å²) in [4.78, 5) is 14.7. The molecule has 0 unspecified atom stereocenters. The van der Waals surface area contributed by atoms with E-state index in [0.717, 1.165) is 28.6 Å².